The third-order valence-electron chi connectivity index (χ3n) is 2.85. The second kappa shape index (κ2) is 7.46. The first-order chi connectivity index (χ1) is 8.15. The molecule has 0 saturated carbocycles. The summed E-state index contributed by atoms with van der Waals surface area (Å²) in [6, 6.07) is 5.51. The number of unbranched alkanes of at least 4 members (excludes halogenated alkanes) is 3. The third-order valence-corrected chi connectivity index (χ3v) is 3.26. The van der Waals surface area contributed by atoms with Crippen LogP contribution in [-0.2, 0) is 0 Å². The number of ketones is 1. The van der Waals surface area contributed by atoms with Gasteiger partial charge in [-0.3, -0.25) is 4.79 Å². The number of nitrogens with two attached hydrogens (primary N) is 1. The van der Waals surface area contributed by atoms with E-state index in [0.29, 0.717) is 11.4 Å². The average Bonchev–Trinajstić information content (AvgIpc) is 2.32. The summed E-state index contributed by atoms with van der Waals surface area (Å²) in [6.07, 6.45) is 4.76. The Morgan fingerprint density at radius 3 is 2.59 bits per heavy atom. The predicted octanol–water partition coefficient (Wildman–Crippen LogP) is 3.74. The predicted molar refractivity (Wildman–Crippen MR) is 72.7 cm³/mol. The maximum atomic E-state index is 11.9. The number of carbonyl (C=O) groups excluding carboxylic acids is 1. The largest absolute Gasteiger partial charge is 0.330 e. The number of halogens is 1. The van der Waals surface area contributed by atoms with Gasteiger partial charge < -0.3 is 5.73 Å². The first-order valence-corrected chi connectivity index (χ1v) is 6.52. The number of hydrogen-bond donors (Lipinski definition) is 1. The molecule has 2 N–H and O–H groups in total. The molecule has 0 aromatic heterocycles. The lowest BCUT2D eigenvalue weighted by molar-refractivity contribution is 0.0979. The lowest BCUT2D eigenvalue weighted by Crippen LogP contribution is -2.00. The lowest BCUT2D eigenvalue weighted by atomic mass is 10.0. The maximum absolute atomic E-state index is 11.9. The van der Waals surface area contributed by atoms with Gasteiger partial charge in [-0.2, -0.15) is 0 Å². The smallest absolute Gasteiger partial charge is 0.162 e. The van der Waals surface area contributed by atoms with Crippen LogP contribution in [0, 0.1) is 6.92 Å². The van der Waals surface area contributed by atoms with E-state index in [1.54, 1.807) is 6.07 Å². The van der Waals surface area contributed by atoms with Crippen LogP contribution in [0.1, 0.15) is 48.0 Å². The number of aryl methyl sites for hydroxylation is 1. The Morgan fingerprint density at radius 2 is 1.94 bits per heavy atom. The summed E-state index contributed by atoms with van der Waals surface area (Å²) in [6.45, 7) is 2.67. The van der Waals surface area contributed by atoms with Crippen LogP contribution in [0.15, 0.2) is 18.2 Å². The maximum Gasteiger partial charge on any atom is 0.162 e. The van der Waals surface area contributed by atoms with E-state index >= 15 is 0 Å². The van der Waals surface area contributed by atoms with E-state index in [9.17, 15) is 4.79 Å². The molecule has 1 aromatic carbocycles. The summed E-state index contributed by atoms with van der Waals surface area (Å²) in [7, 11) is 0. The van der Waals surface area contributed by atoms with Crippen molar-refractivity contribution in [3.8, 4) is 0 Å². The number of carbonyl (C=O) groups is 1. The molecule has 0 aliphatic heterocycles. The summed E-state index contributed by atoms with van der Waals surface area (Å²) < 4.78 is 0. The molecule has 94 valence electrons. The summed E-state index contributed by atoms with van der Waals surface area (Å²) in [5.74, 6) is 0.180. The van der Waals surface area contributed by atoms with Gasteiger partial charge in [0.1, 0.15) is 0 Å². The molecule has 0 amide bonds. The zero-order valence-electron chi connectivity index (χ0n) is 10.3. The van der Waals surface area contributed by atoms with Crippen LogP contribution in [0.2, 0.25) is 5.02 Å². The fraction of sp³-hybridized carbons (Fsp3) is 0.500. The highest BCUT2D eigenvalue weighted by molar-refractivity contribution is 6.31. The van der Waals surface area contributed by atoms with E-state index in [4.69, 9.17) is 17.3 Å². The highest BCUT2D eigenvalue weighted by Gasteiger charge is 2.07. The Balaban J connectivity index is 2.39. The van der Waals surface area contributed by atoms with E-state index < -0.39 is 0 Å². The van der Waals surface area contributed by atoms with E-state index in [0.717, 1.165) is 43.4 Å². The van der Waals surface area contributed by atoms with Crippen LogP contribution in [0.3, 0.4) is 0 Å². The molecule has 0 heterocycles. The van der Waals surface area contributed by atoms with Crippen molar-refractivity contribution >= 4 is 17.4 Å². The van der Waals surface area contributed by atoms with Gasteiger partial charge in [-0.15, -0.1) is 0 Å². The zero-order valence-corrected chi connectivity index (χ0v) is 11.1. The molecule has 0 fully saturated rings. The summed E-state index contributed by atoms with van der Waals surface area (Å²) in [5.41, 5.74) is 7.14. The van der Waals surface area contributed by atoms with Gasteiger partial charge in [0, 0.05) is 17.0 Å². The Bertz CT molecular complexity index is 376. The molecule has 0 saturated heterocycles. The van der Waals surface area contributed by atoms with Crippen molar-refractivity contribution in [1.82, 2.24) is 0 Å². The van der Waals surface area contributed by atoms with E-state index in [2.05, 4.69) is 0 Å². The SMILES string of the molecule is Cc1ccc(C(=O)CCCCCCN)cc1Cl. The molecular weight excluding hydrogens is 234 g/mol. The molecule has 3 heteroatoms. The van der Waals surface area contributed by atoms with Crippen molar-refractivity contribution in [2.45, 2.75) is 39.0 Å². The van der Waals surface area contributed by atoms with Crippen LogP contribution < -0.4 is 5.73 Å². The van der Waals surface area contributed by atoms with Crippen molar-refractivity contribution in [3.63, 3.8) is 0 Å². The fourth-order valence-electron chi connectivity index (χ4n) is 1.69. The molecular formula is C14H20ClNO. The van der Waals surface area contributed by atoms with Gasteiger partial charge in [-0.05, 0) is 37.9 Å². The molecule has 2 nitrogen and oxygen atoms in total. The molecule has 0 aliphatic rings. The van der Waals surface area contributed by atoms with Crippen LogP contribution in [0.4, 0.5) is 0 Å². The Morgan fingerprint density at radius 1 is 1.24 bits per heavy atom. The Kier molecular flexibility index (Phi) is 6.23. The highest BCUT2D eigenvalue weighted by atomic mass is 35.5. The van der Waals surface area contributed by atoms with Crippen molar-refractivity contribution in [2.75, 3.05) is 6.54 Å². The molecule has 0 atom stereocenters. The van der Waals surface area contributed by atoms with Crippen molar-refractivity contribution in [3.05, 3.63) is 34.3 Å². The van der Waals surface area contributed by atoms with E-state index in [1.165, 1.54) is 0 Å². The van der Waals surface area contributed by atoms with Crippen LogP contribution in [-0.4, -0.2) is 12.3 Å². The Hall–Kier alpha value is -0.860. The summed E-state index contributed by atoms with van der Waals surface area (Å²) in [4.78, 5) is 11.9. The van der Waals surface area contributed by atoms with E-state index in [1.807, 2.05) is 19.1 Å². The number of benzene rings is 1. The number of Topliss-reactive ketones (excluding diaryl/α,β-unsaturated/α-hetero) is 1. The normalized spacial score (nSPS) is 10.5. The minimum absolute atomic E-state index is 0.180. The summed E-state index contributed by atoms with van der Waals surface area (Å²) >= 11 is 5.99. The van der Waals surface area contributed by atoms with Gasteiger partial charge in [0.2, 0.25) is 0 Å². The van der Waals surface area contributed by atoms with Crippen LogP contribution in [0.25, 0.3) is 0 Å². The second-order valence-electron chi connectivity index (χ2n) is 4.34. The van der Waals surface area contributed by atoms with Gasteiger partial charge in [0.25, 0.3) is 0 Å². The molecule has 0 bridgehead atoms. The number of hydrogen-bond acceptors (Lipinski definition) is 2. The van der Waals surface area contributed by atoms with Gasteiger partial charge in [0.05, 0.1) is 0 Å². The van der Waals surface area contributed by atoms with Gasteiger partial charge >= 0.3 is 0 Å². The zero-order chi connectivity index (χ0) is 12.7. The average molecular weight is 254 g/mol. The first kappa shape index (κ1) is 14.2. The minimum atomic E-state index is 0.180. The van der Waals surface area contributed by atoms with Gasteiger partial charge in [-0.25, -0.2) is 0 Å². The molecule has 0 spiro atoms. The van der Waals surface area contributed by atoms with Crippen LogP contribution >= 0.6 is 11.6 Å². The molecule has 0 radical (unpaired) electrons. The quantitative estimate of drug-likeness (QED) is 0.594. The molecule has 17 heavy (non-hydrogen) atoms. The monoisotopic (exact) mass is 253 g/mol. The Labute approximate surface area is 108 Å². The topological polar surface area (TPSA) is 43.1 Å². The molecule has 0 unspecified atom stereocenters. The third kappa shape index (κ3) is 4.88. The van der Waals surface area contributed by atoms with Crippen molar-refractivity contribution in [1.29, 1.82) is 0 Å². The van der Waals surface area contributed by atoms with Gasteiger partial charge in [-0.1, -0.05) is 36.6 Å². The minimum Gasteiger partial charge on any atom is -0.330 e. The van der Waals surface area contributed by atoms with Gasteiger partial charge in [0.15, 0.2) is 5.78 Å². The standard InChI is InChI=1S/C14H20ClNO/c1-11-7-8-12(10-13(11)15)14(17)6-4-2-3-5-9-16/h7-8,10H,2-6,9,16H2,1H3. The fourth-order valence-corrected chi connectivity index (χ4v) is 1.87. The second-order valence-corrected chi connectivity index (χ2v) is 4.75. The molecule has 1 rings (SSSR count). The van der Waals surface area contributed by atoms with Crippen molar-refractivity contribution < 1.29 is 4.79 Å². The van der Waals surface area contributed by atoms with Crippen LogP contribution in [0.5, 0.6) is 0 Å². The van der Waals surface area contributed by atoms with Crippen molar-refractivity contribution in [2.24, 2.45) is 5.73 Å². The highest BCUT2D eigenvalue weighted by Crippen LogP contribution is 2.18. The lowest BCUT2D eigenvalue weighted by Gasteiger charge is -2.03. The molecule has 0 aliphatic carbocycles. The molecule has 1 aromatic rings. The summed E-state index contributed by atoms with van der Waals surface area (Å²) in [5, 5.41) is 0.666. The van der Waals surface area contributed by atoms with E-state index in [-0.39, 0.29) is 5.78 Å². The number of rotatable bonds is 7. The first-order valence-electron chi connectivity index (χ1n) is 6.14.